The van der Waals surface area contributed by atoms with Crippen molar-refractivity contribution in [1.82, 2.24) is 0 Å². The van der Waals surface area contributed by atoms with Gasteiger partial charge in [0, 0.05) is 0 Å². The molecular weight excluding hydrogens is 248 g/mol. The van der Waals surface area contributed by atoms with E-state index < -0.39 is 0 Å². The van der Waals surface area contributed by atoms with Gasteiger partial charge in [-0.3, -0.25) is 0 Å². The molecule has 0 aliphatic heterocycles. The maximum absolute atomic E-state index is 9.36. The summed E-state index contributed by atoms with van der Waals surface area (Å²) in [6.45, 7) is 9.09. The van der Waals surface area contributed by atoms with E-state index in [2.05, 4.69) is 27.7 Å². The van der Waals surface area contributed by atoms with Gasteiger partial charge < -0.3 is 9.84 Å². The molecule has 1 N–H and O–H groups in total. The summed E-state index contributed by atoms with van der Waals surface area (Å²) in [5.74, 6) is 2.48. The maximum atomic E-state index is 9.36. The van der Waals surface area contributed by atoms with Crippen LogP contribution in [0.5, 0.6) is 5.75 Å². The van der Waals surface area contributed by atoms with Gasteiger partial charge in [-0.1, -0.05) is 32.9 Å². The average Bonchev–Trinajstić information content (AvgIpc) is 2.41. The quantitative estimate of drug-likeness (QED) is 0.844. The molecule has 4 atom stereocenters. The lowest BCUT2D eigenvalue weighted by Crippen LogP contribution is -2.34. The molecule has 1 unspecified atom stereocenters. The normalized spacial score (nSPS) is 28.6. The highest BCUT2D eigenvalue weighted by Gasteiger charge is 2.32. The zero-order valence-corrected chi connectivity index (χ0v) is 13.2. The van der Waals surface area contributed by atoms with Crippen molar-refractivity contribution in [2.45, 2.75) is 59.2 Å². The van der Waals surface area contributed by atoms with Crippen molar-refractivity contribution in [1.29, 1.82) is 0 Å². The average molecular weight is 276 g/mol. The van der Waals surface area contributed by atoms with Crippen LogP contribution in [0, 0.1) is 17.8 Å². The van der Waals surface area contributed by atoms with Crippen LogP contribution in [0.1, 0.15) is 58.6 Å². The van der Waals surface area contributed by atoms with Gasteiger partial charge in [-0.15, -0.1) is 0 Å². The van der Waals surface area contributed by atoms with Gasteiger partial charge in [-0.05, 0) is 61.6 Å². The molecule has 0 amide bonds. The Labute approximate surface area is 123 Å². The highest BCUT2D eigenvalue weighted by Crippen LogP contribution is 2.37. The Bertz CT molecular complexity index is 410. The molecule has 2 rings (SSSR count). The van der Waals surface area contributed by atoms with Crippen LogP contribution in [-0.4, -0.2) is 11.2 Å². The molecule has 2 heteroatoms. The Balaban J connectivity index is 2.01. The lowest BCUT2D eigenvalue weighted by molar-refractivity contribution is -0.0734. The lowest BCUT2D eigenvalue weighted by atomic mass is 9.75. The number of hydrogen-bond donors (Lipinski definition) is 1. The minimum absolute atomic E-state index is 0.0928. The van der Waals surface area contributed by atoms with Gasteiger partial charge in [0.05, 0.1) is 12.2 Å². The number of phenols is 1. The van der Waals surface area contributed by atoms with E-state index in [0.717, 1.165) is 11.5 Å². The molecule has 0 saturated heterocycles. The summed E-state index contributed by atoms with van der Waals surface area (Å²) < 4.78 is 6.36. The molecule has 112 valence electrons. The third-order valence-electron chi connectivity index (χ3n) is 4.69. The first-order valence-corrected chi connectivity index (χ1v) is 7.91. The van der Waals surface area contributed by atoms with E-state index in [1.807, 2.05) is 12.1 Å². The van der Waals surface area contributed by atoms with Crippen molar-refractivity contribution in [2.75, 3.05) is 0 Å². The van der Waals surface area contributed by atoms with Crippen LogP contribution in [0.15, 0.2) is 24.3 Å². The van der Waals surface area contributed by atoms with Crippen molar-refractivity contribution in [3.8, 4) is 5.75 Å². The first-order valence-electron chi connectivity index (χ1n) is 7.91. The third-order valence-corrected chi connectivity index (χ3v) is 4.69. The number of aromatic hydroxyl groups is 1. The molecule has 2 nitrogen and oxygen atoms in total. The highest BCUT2D eigenvalue weighted by atomic mass is 16.5. The molecule has 0 bridgehead atoms. The van der Waals surface area contributed by atoms with Gasteiger partial charge in [-0.2, -0.15) is 0 Å². The molecule has 20 heavy (non-hydrogen) atoms. The second-order valence-electron chi connectivity index (χ2n) is 6.73. The van der Waals surface area contributed by atoms with Crippen LogP contribution in [0.2, 0.25) is 0 Å². The van der Waals surface area contributed by atoms with E-state index >= 15 is 0 Å². The molecule has 1 aliphatic carbocycles. The van der Waals surface area contributed by atoms with Gasteiger partial charge in [0.25, 0.3) is 0 Å². The molecular formula is C18H28O2. The molecule has 0 radical (unpaired) electrons. The van der Waals surface area contributed by atoms with Crippen LogP contribution in [-0.2, 0) is 4.74 Å². The number of benzene rings is 1. The van der Waals surface area contributed by atoms with Crippen molar-refractivity contribution in [3.05, 3.63) is 29.8 Å². The summed E-state index contributed by atoms with van der Waals surface area (Å²) in [6, 6.07) is 7.38. The molecule has 1 fully saturated rings. The Kier molecular flexibility index (Phi) is 5.09. The zero-order valence-electron chi connectivity index (χ0n) is 13.2. The Morgan fingerprint density at radius 1 is 1.10 bits per heavy atom. The van der Waals surface area contributed by atoms with E-state index in [-0.39, 0.29) is 6.10 Å². The Hall–Kier alpha value is -1.02. The number of rotatable bonds is 4. The summed E-state index contributed by atoms with van der Waals surface area (Å²) in [7, 11) is 0. The fourth-order valence-electron chi connectivity index (χ4n) is 3.35. The Morgan fingerprint density at radius 2 is 1.75 bits per heavy atom. The minimum atomic E-state index is 0.0928. The van der Waals surface area contributed by atoms with E-state index in [9.17, 15) is 5.11 Å². The van der Waals surface area contributed by atoms with Gasteiger partial charge in [-0.25, -0.2) is 0 Å². The minimum Gasteiger partial charge on any atom is -0.508 e. The zero-order chi connectivity index (χ0) is 14.7. The maximum Gasteiger partial charge on any atom is 0.115 e. The van der Waals surface area contributed by atoms with Gasteiger partial charge in [0.2, 0.25) is 0 Å². The summed E-state index contributed by atoms with van der Waals surface area (Å²) in [4.78, 5) is 0. The second kappa shape index (κ2) is 6.62. The molecule has 0 spiro atoms. The number of ether oxygens (including phenoxy) is 1. The highest BCUT2D eigenvalue weighted by molar-refractivity contribution is 5.27. The fraction of sp³-hybridized carbons (Fsp3) is 0.667. The van der Waals surface area contributed by atoms with Gasteiger partial charge in [0.15, 0.2) is 0 Å². The summed E-state index contributed by atoms with van der Waals surface area (Å²) in [6.07, 6.45) is 4.19. The number of hydrogen-bond acceptors (Lipinski definition) is 2. The van der Waals surface area contributed by atoms with E-state index in [1.54, 1.807) is 12.1 Å². The summed E-state index contributed by atoms with van der Waals surface area (Å²) >= 11 is 0. The lowest BCUT2D eigenvalue weighted by Gasteiger charge is -2.38. The van der Waals surface area contributed by atoms with Gasteiger partial charge >= 0.3 is 0 Å². The standard InChI is InChI=1S/C18H28O2/c1-12(2)17-11-13(3)5-10-18(17)20-14(4)15-6-8-16(19)9-7-15/h6-9,12-14,17-19H,5,10-11H2,1-4H3/t13-,14?,17+,18+/m1/s1. The molecule has 1 saturated carbocycles. The third kappa shape index (κ3) is 3.76. The van der Waals surface area contributed by atoms with E-state index in [4.69, 9.17) is 4.74 Å². The largest absolute Gasteiger partial charge is 0.508 e. The first kappa shape index (κ1) is 15.4. The van der Waals surface area contributed by atoms with Crippen LogP contribution in [0.4, 0.5) is 0 Å². The summed E-state index contributed by atoms with van der Waals surface area (Å²) in [5.41, 5.74) is 1.14. The number of phenolic OH excluding ortho intramolecular Hbond substituents is 1. The first-order chi connectivity index (χ1) is 9.47. The monoisotopic (exact) mass is 276 g/mol. The molecule has 0 aromatic heterocycles. The van der Waals surface area contributed by atoms with Crippen molar-refractivity contribution in [2.24, 2.45) is 17.8 Å². The van der Waals surface area contributed by atoms with E-state index in [0.29, 0.717) is 23.7 Å². The predicted molar refractivity (Wildman–Crippen MR) is 82.7 cm³/mol. The predicted octanol–water partition coefficient (Wildman–Crippen LogP) is 4.93. The van der Waals surface area contributed by atoms with Crippen LogP contribution in [0.25, 0.3) is 0 Å². The SMILES string of the molecule is CC(O[C@H]1CC[C@@H](C)C[C@H]1C(C)C)c1ccc(O)cc1. The molecule has 0 heterocycles. The van der Waals surface area contributed by atoms with E-state index in [1.165, 1.54) is 19.3 Å². The van der Waals surface area contributed by atoms with Crippen LogP contribution in [0.3, 0.4) is 0 Å². The fourth-order valence-corrected chi connectivity index (χ4v) is 3.35. The second-order valence-corrected chi connectivity index (χ2v) is 6.73. The van der Waals surface area contributed by atoms with Crippen molar-refractivity contribution >= 4 is 0 Å². The van der Waals surface area contributed by atoms with Crippen molar-refractivity contribution < 1.29 is 9.84 Å². The Morgan fingerprint density at radius 3 is 2.35 bits per heavy atom. The summed E-state index contributed by atoms with van der Waals surface area (Å²) in [5, 5.41) is 9.36. The van der Waals surface area contributed by atoms with Crippen molar-refractivity contribution in [3.63, 3.8) is 0 Å². The smallest absolute Gasteiger partial charge is 0.115 e. The topological polar surface area (TPSA) is 29.5 Å². The molecule has 1 aromatic rings. The molecule has 1 aromatic carbocycles. The van der Waals surface area contributed by atoms with Crippen LogP contribution >= 0.6 is 0 Å². The molecule has 1 aliphatic rings. The van der Waals surface area contributed by atoms with Gasteiger partial charge in [0.1, 0.15) is 5.75 Å². The van der Waals surface area contributed by atoms with Crippen LogP contribution < -0.4 is 0 Å².